The molecular weight excluding hydrogens is 318 g/mol. The van der Waals surface area contributed by atoms with Crippen molar-refractivity contribution < 1.29 is 4.79 Å². The number of rotatable bonds is 3. The predicted octanol–water partition coefficient (Wildman–Crippen LogP) is 1.56. The second-order valence-electron chi connectivity index (χ2n) is 7.65. The molecule has 2 aliphatic rings. The van der Waals surface area contributed by atoms with E-state index in [1.807, 2.05) is 23.0 Å². The van der Waals surface area contributed by atoms with Crippen LogP contribution >= 0.6 is 0 Å². The van der Waals surface area contributed by atoms with Crippen molar-refractivity contribution in [2.45, 2.75) is 32.2 Å². The van der Waals surface area contributed by atoms with Gasteiger partial charge < -0.3 is 10.2 Å². The average molecular weight is 341 g/mol. The summed E-state index contributed by atoms with van der Waals surface area (Å²) in [4.78, 5) is 15.6. The first kappa shape index (κ1) is 15.9. The Balaban J connectivity index is 1.39. The fourth-order valence-corrected chi connectivity index (χ4v) is 3.09. The number of anilines is 2. The van der Waals surface area contributed by atoms with E-state index in [1.165, 1.54) is 0 Å². The maximum absolute atomic E-state index is 11.7. The molecule has 0 unspecified atom stereocenters. The summed E-state index contributed by atoms with van der Waals surface area (Å²) in [6.07, 6.45) is 3.70. The largest absolute Gasteiger partial charge is 0.351 e. The highest BCUT2D eigenvalue weighted by atomic mass is 16.2. The number of nitrogens with zero attached hydrogens (tertiary/aromatic N) is 6. The van der Waals surface area contributed by atoms with Crippen molar-refractivity contribution in [1.29, 1.82) is 0 Å². The van der Waals surface area contributed by atoms with Crippen molar-refractivity contribution in [3.05, 3.63) is 30.2 Å². The van der Waals surface area contributed by atoms with Crippen LogP contribution < -0.4 is 15.1 Å². The number of hydrogen-bond acceptors (Lipinski definition) is 5. The van der Waals surface area contributed by atoms with Gasteiger partial charge in [0.25, 0.3) is 0 Å². The van der Waals surface area contributed by atoms with Crippen molar-refractivity contribution in [3.63, 3.8) is 0 Å². The molecule has 0 spiro atoms. The third kappa shape index (κ3) is 2.92. The molecule has 25 heavy (non-hydrogen) atoms. The first-order chi connectivity index (χ1) is 11.9. The Morgan fingerprint density at radius 2 is 2.00 bits per heavy atom. The first-order valence-electron chi connectivity index (χ1n) is 8.60. The van der Waals surface area contributed by atoms with Gasteiger partial charge in [0.1, 0.15) is 0 Å². The van der Waals surface area contributed by atoms with Gasteiger partial charge in [0.05, 0.1) is 23.6 Å². The molecule has 8 heteroatoms. The first-order valence-corrected chi connectivity index (χ1v) is 8.60. The van der Waals surface area contributed by atoms with Gasteiger partial charge in [-0.3, -0.25) is 9.58 Å². The second-order valence-corrected chi connectivity index (χ2v) is 7.65. The Kier molecular flexibility index (Phi) is 3.63. The Morgan fingerprint density at radius 3 is 2.60 bits per heavy atom. The molecule has 2 aliphatic heterocycles. The van der Waals surface area contributed by atoms with E-state index in [4.69, 9.17) is 0 Å². The maximum atomic E-state index is 11.7. The molecule has 0 atom stereocenters. The van der Waals surface area contributed by atoms with Crippen LogP contribution in [0, 0.1) is 0 Å². The van der Waals surface area contributed by atoms with Crippen LogP contribution in [0.3, 0.4) is 0 Å². The molecule has 4 rings (SSSR count). The van der Waals surface area contributed by atoms with E-state index < -0.39 is 0 Å². The lowest BCUT2D eigenvalue weighted by molar-refractivity contribution is 0.252. The number of amides is 2. The molecular formula is C17H23N7O. The molecule has 2 amide bonds. The summed E-state index contributed by atoms with van der Waals surface area (Å²) in [5.41, 5.74) is 1.85. The summed E-state index contributed by atoms with van der Waals surface area (Å²) < 4.78 is 1.94. The summed E-state index contributed by atoms with van der Waals surface area (Å²) in [7, 11) is 0. The number of hydrogen-bond donors (Lipinski definition) is 1. The summed E-state index contributed by atoms with van der Waals surface area (Å²) in [5.74, 6) is 0.899. The van der Waals surface area contributed by atoms with Gasteiger partial charge in [-0.2, -0.15) is 10.2 Å². The SMILES string of the molecule is CC(C)(C)c1ccc(N2CC(n3cc(N4CCNC4=O)cn3)C2)nn1. The van der Waals surface area contributed by atoms with Gasteiger partial charge in [0, 0.05) is 37.8 Å². The van der Waals surface area contributed by atoms with Gasteiger partial charge in [-0.05, 0) is 12.1 Å². The highest BCUT2D eigenvalue weighted by Gasteiger charge is 2.31. The highest BCUT2D eigenvalue weighted by Crippen LogP contribution is 2.28. The van der Waals surface area contributed by atoms with Gasteiger partial charge >= 0.3 is 6.03 Å². The van der Waals surface area contributed by atoms with Crippen LogP contribution in [-0.4, -0.2) is 52.2 Å². The zero-order chi connectivity index (χ0) is 17.6. The lowest BCUT2D eigenvalue weighted by atomic mass is 9.92. The fourth-order valence-electron chi connectivity index (χ4n) is 3.09. The van der Waals surface area contributed by atoms with Crippen molar-refractivity contribution in [2.24, 2.45) is 0 Å². The molecule has 2 aromatic rings. The lowest BCUT2D eigenvalue weighted by Crippen LogP contribution is -2.48. The van der Waals surface area contributed by atoms with E-state index in [-0.39, 0.29) is 11.4 Å². The number of nitrogens with one attached hydrogen (secondary N) is 1. The van der Waals surface area contributed by atoms with Crippen LogP contribution in [-0.2, 0) is 5.41 Å². The van der Waals surface area contributed by atoms with Crippen LogP contribution in [0.4, 0.5) is 16.3 Å². The molecule has 132 valence electrons. The van der Waals surface area contributed by atoms with Crippen LogP contribution in [0.25, 0.3) is 0 Å². The quantitative estimate of drug-likeness (QED) is 0.916. The molecule has 2 saturated heterocycles. The van der Waals surface area contributed by atoms with E-state index in [1.54, 1.807) is 11.1 Å². The number of urea groups is 1. The highest BCUT2D eigenvalue weighted by molar-refractivity contribution is 5.93. The van der Waals surface area contributed by atoms with Crippen LogP contribution in [0.15, 0.2) is 24.5 Å². The van der Waals surface area contributed by atoms with E-state index in [0.717, 1.165) is 30.3 Å². The Labute approximate surface area is 146 Å². The third-order valence-corrected chi connectivity index (χ3v) is 4.74. The minimum absolute atomic E-state index is 0.0103. The Morgan fingerprint density at radius 1 is 1.20 bits per heavy atom. The van der Waals surface area contributed by atoms with Crippen LogP contribution in [0.1, 0.15) is 32.5 Å². The van der Waals surface area contributed by atoms with Crippen LogP contribution in [0.5, 0.6) is 0 Å². The fraction of sp³-hybridized carbons (Fsp3) is 0.529. The number of carbonyl (C=O) groups excluding carboxylic acids is 1. The molecule has 0 radical (unpaired) electrons. The molecule has 0 saturated carbocycles. The minimum atomic E-state index is -0.0519. The zero-order valence-corrected chi connectivity index (χ0v) is 14.8. The third-order valence-electron chi connectivity index (χ3n) is 4.74. The number of carbonyl (C=O) groups is 1. The summed E-state index contributed by atoms with van der Waals surface area (Å²) in [5, 5.41) is 15.9. The van der Waals surface area contributed by atoms with E-state index in [2.05, 4.69) is 46.3 Å². The topological polar surface area (TPSA) is 79.2 Å². The van der Waals surface area contributed by atoms with E-state index >= 15 is 0 Å². The van der Waals surface area contributed by atoms with Crippen LogP contribution in [0.2, 0.25) is 0 Å². The lowest BCUT2D eigenvalue weighted by Gasteiger charge is -2.39. The van der Waals surface area contributed by atoms with E-state index in [9.17, 15) is 4.79 Å². The second kappa shape index (κ2) is 5.72. The summed E-state index contributed by atoms with van der Waals surface area (Å²) in [6.45, 7) is 9.46. The van der Waals surface area contributed by atoms with Crippen molar-refractivity contribution in [3.8, 4) is 0 Å². The summed E-state index contributed by atoms with van der Waals surface area (Å²) in [6, 6.07) is 4.33. The van der Waals surface area contributed by atoms with Gasteiger partial charge in [-0.1, -0.05) is 20.8 Å². The Hall–Kier alpha value is -2.64. The maximum Gasteiger partial charge on any atom is 0.322 e. The number of aromatic nitrogens is 4. The Bertz CT molecular complexity index is 771. The zero-order valence-electron chi connectivity index (χ0n) is 14.8. The average Bonchev–Trinajstić information content (AvgIpc) is 3.14. The molecule has 2 fully saturated rings. The molecule has 1 N–H and O–H groups in total. The molecule has 0 bridgehead atoms. The van der Waals surface area contributed by atoms with Gasteiger partial charge in [-0.25, -0.2) is 4.79 Å². The molecule has 0 aliphatic carbocycles. The minimum Gasteiger partial charge on any atom is -0.351 e. The van der Waals surface area contributed by atoms with Gasteiger partial charge in [0.15, 0.2) is 5.82 Å². The summed E-state index contributed by atoms with van der Waals surface area (Å²) >= 11 is 0. The smallest absolute Gasteiger partial charge is 0.322 e. The van der Waals surface area contributed by atoms with Gasteiger partial charge in [-0.15, -0.1) is 5.10 Å². The normalized spacial score (nSPS) is 18.4. The monoisotopic (exact) mass is 341 g/mol. The molecule has 4 heterocycles. The standard InChI is InChI=1S/C17H23N7O/c1-17(2,3)14-4-5-15(21-20-14)22-9-13(10-22)24-11-12(8-19-24)23-7-6-18-16(23)25/h4-5,8,11,13H,6-7,9-10H2,1-3H3,(H,18,25). The van der Waals surface area contributed by atoms with Crippen molar-refractivity contribution >= 4 is 17.5 Å². The van der Waals surface area contributed by atoms with Crippen molar-refractivity contribution in [2.75, 3.05) is 36.0 Å². The predicted molar refractivity (Wildman–Crippen MR) is 95.0 cm³/mol. The molecule has 2 aromatic heterocycles. The van der Waals surface area contributed by atoms with Crippen molar-refractivity contribution in [1.82, 2.24) is 25.3 Å². The molecule has 0 aromatic carbocycles. The molecule has 8 nitrogen and oxygen atoms in total. The van der Waals surface area contributed by atoms with E-state index in [0.29, 0.717) is 19.1 Å². The van der Waals surface area contributed by atoms with Gasteiger partial charge in [0.2, 0.25) is 0 Å².